The molecule has 156 valence electrons. The highest BCUT2D eigenvalue weighted by Gasteiger charge is 2.19. The molecule has 2 aromatic carbocycles. The first-order valence-electron chi connectivity index (χ1n) is 9.36. The maximum Gasteiger partial charge on any atom is 0.230 e. The molecule has 0 atom stereocenters. The van der Waals surface area contributed by atoms with Gasteiger partial charge in [-0.05, 0) is 35.9 Å². The highest BCUT2D eigenvalue weighted by molar-refractivity contribution is 7.99. The minimum Gasteiger partial charge on any atom is -0.351 e. The van der Waals surface area contributed by atoms with Gasteiger partial charge in [0, 0.05) is 29.5 Å². The average Bonchev–Trinajstić information content (AvgIpc) is 3.23. The van der Waals surface area contributed by atoms with E-state index in [1.807, 2.05) is 42.5 Å². The molecule has 6 nitrogen and oxygen atoms in total. The lowest BCUT2D eigenvalue weighted by Crippen LogP contribution is -2.24. The number of carbonyl (C=O) groups excluding carboxylic acids is 1. The van der Waals surface area contributed by atoms with Gasteiger partial charge in [-0.15, -0.1) is 10.2 Å². The monoisotopic (exact) mass is 469 g/mol. The van der Waals surface area contributed by atoms with Crippen molar-refractivity contribution in [3.8, 4) is 17.1 Å². The van der Waals surface area contributed by atoms with Crippen LogP contribution in [0.3, 0.4) is 0 Å². The maximum atomic E-state index is 12.4. The zero-order valence-corrected chi connectivity index (χ0v) is 18.5. The number of hydrogen-bond donors (Lipinski definition) is 1. The number of halogens is 2. The molecule has 31 heavy (non-hydrogen) atoms. The Morgan fingerprint density at radius 3 is 2.65 bits per heavy atom. The molecule has 2 heterocycles. The first-order chi connectivity index (χ1) is 15.1. The standard InChI is InChI=1S/C22H17Cl2N5OS/c23-17-8-9-18(24)19(11-17)29-21(16-7-4-10-25-13-16)27-28-22(29)31-14-20(30)26-12-15-5-2-1-3-6-15/h1-11,13H,12,14H2,(H,26,30). The summed E-state index contributed by atoms with van der Waals surface area (Å²) in [6, 6.07) is 18.6. The van der Waals surface area contributed by atoms with Crippen LogP contribution in [0.25, 0.3) is 17.1 Å². The summed E-state index contributed by atoms with van der Waals surface area (Å²) in [6.07, 6.45) is 3.38. The normalized spacial score (nSPS) is 10.8. The topological polar surface area (TPSA) is 72.7 Å². The summed E-state index contributed by atoms with van der Waals surface area (Å²) in [6.45, 7) is 0.466. The van der Waals surface area contributed by atoms with E-state index in [9.17, 15) is 4.79 Å². The van der Waals surface area contributed by atoms with Crippen molar-refractivity contribution in [1.29, 1.82) is 0 Å². The number of hydrogen-bond acceptors (Lipinski definition) is 5. The van der Waals surface area contributed by atoms with Gasteiger partial charge in [0.1, 0.15) is 0 Å². The highest BCUT2D eigenvalue weighted by Crippen LogP contribution is 2.32. The van der Waals surface area contributed by atoms with Crippen LogP contribution in [0.4, 0.5) is 0 Å². The Bertz CT molecular complexity index is 1190. The lowest BCUT2D eigenvalue weighted by molar-refractivity contribution is -0.118. The van der Waals surface area contributed by atoms with Crippen LogP contribution >= 0.6 is 35.0 Å². The van der Waals surface area contributed by atoms with E-state index in [4.69, 9.17) is 23.2 Å². The SMILES string of the molecule is O=C(CSc1nnc(-c2cccnc2)n1-c1cc(Cl)ccc1Cl)NCc1ccccc1. The number of carbonyl (C=O) groups is 1. The predicted molar refractivity (Wildman–Crippen MR) is 124 cm³/mol. The fraction of sp³-hybridized carbons (Fsp3) is 0.0909. The third-order valence-corrected chi connectivity index (χ3v) is 5.85. The van der Waals surface area contributed by atoms with Crippen molar-refractivity contribution in [2.24, 2.45) is 0 Å². The lowest BCUT2D eigenvalue weighted by Gasteiger charge is -2.12. The van der Waals surface area contributed by atoms with Crippen LogP contribution in [0.5, 0.6) is 0 Å². The quantitative estimate of drug-likeness (QED) is 0.383. The van der Waals surface area contributed by atoms with Gasteiger partial charge in [-0.2, -0.15) is 0 Å². The lowest BCUT2D eigenvalue weighted by atomic mass is 10.2. The van der Waals surface area contributed by atoms with E-state index in [0.717, 1.165) is 11.1 Å². The van der Waals surface area contributed by atoms with Crippen molar-refractivity contribution in [3.05, 3.63) is 88.7 Å². The third-order valence-electron chi connectivity index (χ3n) is 4.37. The van der Waals surface area contributed by atoms with Crippen molar-refractivity contribution in [2.75, 3.05) is 5.75 Å². The van der Waals surface area contributed by atoms with Gasteiger partial charge in [0.05, 0.1) is 16.5 Å². The number of nitrogens with one attached hydrogen (secondary N) is 1. The number of rotatable bonds is 7. The number of pyridine rings is 1. The summed E-state index contributed by atoms with van der Waals surface area (Å²) in [5.41, 5.74) is 2.44. The predicted octanol–water partition coefficient (Wildman–Crippen LogP) is 5.04. The average molecular weight is 470 g/mol. The molecule has 0 fully saturated rings. The smallest absolute Gasteiger partial charge is 0.230 e. The van der Waals surface area contributed by atoms with E-state index in [2.05, 4.69) is 20.5 Å². The summed E-state index contributed by atoms with van der Waals surface area (Å²) in [7, 11) is 0. The molecule has 9 heteroatoms. The summed E-state index contributed by atoms with van der Waals surface area (Å²) < 4.78 is 1.79. The van der Waals surface area contributed by atoms with Crippen LogP contribution in [-0.4, -0.2) is 31.4 Å². The van der Waals surface area contributed by atoms with Crippen molar-refractivity contribution in [1.82, 2.24) is 25.1 Å². The Morgan fingerprint density at radius 1 is 1.03 bits per heavy atom. The first kappa shape index (κ1) is 21.4. The molecule has 0 aliphatic carbocycles. The van der Waals surface area contributed by atoms with Crippen LogP contribution in [-0.2, 0) is 11.3 Å². The zero-order chi connectivity index (χ0) is 21.6. The van der Waals surface area contributed by atoms with Crippen LogP contribution in [0, 0.1) is 0 Å². The van der Waals surface area contributed by atoms with Gasteiger partial charge in [0.2, 0.25) is 5.91 Å². The molecule has 0 saturated heterocycles. The molecule has 2 aromatic heterocycles. The number of thioether (sulfide) groups is 1. The van der Waals surface area contributed by atoms with E-state index in [1.54, 1.807) is 35.2 Å². The van der Waals surface area contributed by atoms with Crippen molar-refractivity contribution >= 4 is 40.9 Å². The van der Waals surface area contributed by atoms with Crippen LogP contribution in [0.2, 0.25) is 10.0 Å². The van der Waals surface area contributed by atoms with Gasteiger partial charge >= 0.3 is 0 Å². The van der Waals surface area contributed by atoms with Crippen molar-refractivity contribution in [2.45, 2.75) is 11.7 Å². The fourth-order valence-corrected chi connectivity index (χ4v) is 4.04. The molecule has 0 radical (unpaired) electrons. The summed E-state index contributed by atoms with van der Waals surface area (Å²) in [4.78, 5) is 16.6. The number of benzene rings is 2. The molecule has 0 aliphatic rings. The molecule has 0 spiro atoms. The van der Waals surface area contributed by atoms with E-state index in [-0.39, 0.29) is 11.7 Å². The highest BCUT2D eigenvalue weighted by atomic mass is 35.5. The molecule has 0 unspecified atom stereocenters. The fourth-order valence-electron chi connectivity index (χ4n) is 2.90. The second-order valence-electron chi connectivity index (χ2n) is 6.53. The molecular weight excluding hydrogens is 453 g/mol. The molecule has 0 saturated carbocycles. The van der Waals surface area contributed by atoms with Gasteiger partial charge in [-0.3, -0.25) is 14.3 Å². The Kier molecular flexibility index (Phi) is 6.86. The zero-order valence-electron chi connectivity index (χ0n) is 16.2. The van der Waals surface area contributed by atoms with E-state index < -0.39 is 0 Å². The van der Waals surface area contributed by atoms with Crippen LogP contribution in [0.15, 0.2) is 78.2 Å². The summed E-state index contributed by atoms with van der Waals surface area (Å²) in [5.74, 6) is 0.629. The Morgan fingerprint density at radius 2 is 1.87 bits per heavy atom. The van der Waals surface area contributed by atoms with Gasteiger partial charge in [-0.1, -0.05) is 65.3 Å². The van der Waals surface area contributed by atoms with Gasteiger partial charge < -0.3 is 5.32 Å². The Labute approximate surface area is 193 Å². The molecule has 4 rings (SSSR count). The van der Waals surface area contributed by atoms with E-state index in [1.165, 1.54) is 11.8 Å². The number of nitrogens with zero attached hydrogens (tertiary/aromatic N) is 4. The van der Waals surface area contributed by atoms with Gasteiger partial charge in [0.25, 0.3) is 0 Å². The summed E-state index contributed by atoms with van der Waals surface area (Å²) in [5, 5.41) is 13.1. The molecule has 4 aromatic rings. The Balaban J connectivity index is 1.58. The third kappa shape index (κ3) is 5.25. The van der Waals surface area contributed by atoms with Gasteiger partial charge in [0.15, 0.2) is 11.0 Å². The van der Waals surface area contributed by atoms with E-state index in [0.29, 0.717) is 33.3 Å². The Hall–Kier alpha value is -2.87. The second kappa shape index (κ2) is 9.96. The minimum atomic E-state index is -0.108. The number of aromatic nitrogens is 4. The molecule has 0 aliphatic heterocycles. The molecule has 1 amide bonds. The van der Waals surface area contributed by atoms with Crippen LogP contribution in [0.1, 0.15) is 5.56 Å². The maximum absolute atomic E-state index is 12.4. The van der Waals surface area contributed by atoms with Crippen molar-refractivity contribution in [3.63, 3.8) is 0 Å². The largest absolute Gasteiger partial charge is 0.351 e. The molecular formula is C22H17Cl2N5OS. The summed E-state index contributed by atoms with van der Waals surface area (Å²) >= 11 is 13.9. The number of amides is 1. The van der Waals surface area contributed by atoms with Crippen molar-refractivity contribution < 1.29 is 4.79 Å². The second-order valence-corrected chi connectivity index (χ2v) is 8.32. The molecule has 0 bridgehead atoms. The van der Waals surface area contributed by atoms with Crippen LogP contribution < -0.4 is 5.32 Å². The molecule has 1 N–H and O–H groups in total. The first-order valence-corrected chi connectivity index (χ1v) is 11.1. The van der Waals surface area contributed by atoms with E-state index >= 15 is 0 Å². The minimum absolute atomic E-state index is 0.108. The van der Waals surface area contributed by atoms with Gasteiger partial charge in [-0.25, -0.2) is 0 Å².